The van der Waals surface area contributed by atoms with Crippen LogP contribution in [-0.2, 0) is 22.6 Å². The first kappa shape index (κ1) is 24.6. The van der Waals surface area contributed by atoms with Crippen molar-refractivity contribution >= 4 is 40.7 Å². The summed E-state index contributed by atoms with van der Waals surface area (Å²) in [4.78, 5) is 38.2. The normalized spacial score (nSPS) is 12.2. The zero-order valence-corrected chi connectivity index (χ0v) is 19.3. The third kappa shape index (κ3) is 6.67. The Morgan fingerprint density at radius 3 is 2.23 bits per heavy atom. The molecular weight excluding hydrogens is 441 g/mol. The second-order valence-corrected chi connectivity index (χ2v) is 9.01. The number of nitro benzene ring substituents is 1. The topological polar surface area (TPSA) is 92.6 Å². The van der Waals surface area contributed by atoms with Crippen molar-refractivity contribution in [2.45, 2.75) is 52.2 Å². The molecule has 0 aliphatic heterocycles. The molecule has 2 amide bonds. The van der Waals surface area contributed by atoms with E-state index in [4.69, 9.17) is 23.2 Å². The minimum Gasteiger partial charge on any atom is -0.350 e. The van der Waals surface area contributed by atoms with Gasteiger partial charge in [-0.25, -0.2) is 0 Å². The summed E-state index contributed by atoms with van der Waals surface area (Å²) in [6.45, 7) is 7.09. The van der Waals surface area contributed by atoms with Gasteiger partial charge in [-0.1, -0.05) is 47.5 Å². The summed E-state index contributed by atoms with van der Waals surface area (Å²) in [6.07, 6.45) is -0.244. The first-order valence-electron chi connectivity index (χ1n) is 9.67. The molecule has 0 heterocycles. The number of nitro groups is 1. The molecule has 0 saturated carbocycles. The zero-order valence-electron chi connectivity index (χ0n) is 17.8. The van der Waals surface area contributed by atoms with Gasteiger partial charge in [0.05, 0.1) is 11.3 Å². The molecule has 0 unspecified atom stereocenters. The Balaban J connectivity index is 2.40. The van der Waals surface area contributed by atoms with Crippen LogP contribution >= 0.6 is 23.2 Å². The second kappa shape index (κ2) is 10.1. The van der Waals surface area contributed by atoms with Crippen LogP contribution < -0.4 is 5.32 Å². The third-order valence-electron chi connectivity index (χ3n) is 4.59. The Morgan fingerprint density at radius 1 is 1.10 bits per heavy atom. The van der Waals surface area contributed by atoms with Crippen molar-refractivity contribution < 1.29 is 14.5 Å². The fourth-order valence-corrected chi connectivity index (χ4v) is 3.53. The van der Waals surface area contributed by atoms with Gasteiger partial charge in [-0.2, -0.15) is 0 Å². The lowest BCUT2D eigenvalue weighted by atomic mass is 10.1. The maximum absolute atomic E-state index is 13.3. The van der Waals surface area contributed by atoms with Crippen LogP contribution in [0.2, 0.25) is 10.0 Å². The van der Waals surface area contributed by atoms with Crippen LogP contribution in [0.25, 0.3) is 0 Å². The van der Waals surface area contributed by atoms with Gasteiger partial charge < -0.3 is 10.2 Å². The quantitative estimate of drug-likeness (QED) is 0.470. The van der Waals surface area contributed by atoms with E-state index in [-0.39, 0.29) is 30.1 Å². The Labute approximate surface area is 191 Å². The van der Waals surface area contributed by atoms with E-state index in [2.05, 4.69) is 5.32 Å². The second-order valence-electron chi connectivity index (χ2n) is 8.20. The summed E-state index contributed by atoms with van der Waals surface area (Å²) in [5.74, 6) is -0.812. The molecule has 0 radical (unpaired) electrons. The minimum absolute atomic E-state index is 0.0172. The fraction of sp³-hybridized carbons (Fsp3) is 0.364. The summed E-state index contributed by atoms with van der Waals surface area (Å²) >= 11 is 12.6. The van der Waals surface area contributed by atoms with Crippen molar-refractivity contribution in [2.24, 2.45) is 0 Å². The molecule has 166 valence electrons. The number of hydrogen-bond donors (Lipinski definition) is 1. The van der Waals surface area contributed by atoms with E-state index in [1.165, 1.54) is 23.1 Å². The maximum Gasteiger partial charge on any atom is 0.273 e. The number of para-hydroxylation sites is 1. The summed E-state index contributed by atoms with van der Waals surface area (Å²) in [6, 6.07) is 10.1. The molecule has 2 aromatic rings. The van der Waals surface area contributed by atoms with Crippen LogP contribution in [0, 0.1) is 10.1 Å². The summed E-state index contributed by atoms with van der Waals surface area (Å²) in [7, 11) is 0. The largest absolute Gasteiger partial charge is 0.350 e. The highest BCUT2D eigenvalue weighted by Gasteiger charge is 2.30. The first-order chi connectivity index (χ1) is 14.4. The van der Waals surface area contributed by atoms with E-state index < -0.39 is 22.4 Å². The monoisotopic (exact) mass is 465 g/mol. The third-order valence-corrected chi connectivity index (χ3v) is 5.29. The van der Waals surface area contributed by atoms with E-state index in [0.717, 1.165) is 0 Å². The van der Waals surface area contributed by atoms with Gasteiger partial charge in [0.1, 0.15) is 6.04 Å². The van der Waals surface area contributed by atoms with Gasteiger partial charge in [-0.15, -0.1) is 0 Å². The van der Waals surface area contributed by atoms with Crippen LogP contribution in [0.15, 0.2) is 42.5 Å². The summed E-state index contributed by atoms with van der Waals surface area (Å²) < 4.78 is 0. The predicted octanol–water partition coefficient (Wildman–Crippen LogP) is 4.78. The summed E-state index contributed by atoms with van der Waals surface area (Å²) in [5.41, 5.74) is 0.104. The van der Waals surface area contributed by atoms with Crippen molar-refractivity contribution in [1.82, 2.24) is 10.2 Å². The van der Waals surface area contributed by atoms with Gasteiger partial charge in [0.15, 0.2) is 0 Å². The number of nitrogens with zero attached hydrogens (tertiary/aromatic N) is 2. The maximum atomic E-state index is 13.3. The van der Waals surface area contributed by atoms with E-state index in [1.807, 2.05) is 20.8 Å². The number of halogens is 2. The standard InChI is InChI=1S/C22H25Cl2N3O4/c1-14(21(29)25-22(2,3)4)26(13-16-17(23)9-7-10-18(16)24)20(28)12-15-8-5-6-11-19(15)27(30)31/h5-11,14H,12-13H2,1-4H3,(H,25,29)/t14-/m0/s1. The average Bonchev–Trinajstić information content (AvgIpc) is 2.66. The number of nitrogens with one attached hydrogen (secondary N) is 1. The smallest absolute Gasteiger partial charge is 0.273 e. The Hall–Kier alpha value is -2.64. The molecule has 0 fully saturated rings. The van der Waals surface area contributed by atoms with Crippen molar-refractivity contribution in [2.75, 3.05) is 0 Å². The molecule has 9 heteroatoms. The lowest BCUT2D eigenvalue weighted by Crippen LogP contribution is -2.52. The summed E-state index contributed by atoms with van der Waals surface area (Å²) in [5, 5.41) is 14.9. The van der Waals surface area contributed by atoms with Crippen LogP contribution in [0.1, 0.15) is 38.8 Å². The van der Waals surface area contributed by atoms with E-state index in [1.54, 1.807) is 31.2 Å². The lowest BCUT2D eigenvalue weighted by Gasteiger charge is -2.32. The van der Waals surface area contributed by atoms with Crippen LogP contribution in [0.4, 0.5) is 5.69 Å². The first-order valence-corrected chi connectivity index (χ1v) is 10.4. The molecule has 1 N–H and O–H groups in total. The highest BCUT2D eigenvalue weighted by atomic mass is 35.5. The van der Waals surface area contributed by atoms with Crippen molar-refractivity contribution in [3.05, 3.63) is 73.8 Å². The zero-order chi connectivity index (χ0) is 23.3. The van der Waals surface area contributed by atoms with Crippen molar-refractivity contribution in [3.8, 4) is 0 Å². The van der Waals surface area contributed by atoms with Gasteiger partial charge in [0.25, 0.3) is 5.69 Å². The number of carbonyl (C=O) groups excluding carboxylic acids is 2. The van der Waals surface area contributed by atoms with Gasteiger partial charge in [-0.3, -0.25) is 19.7 Å². The predicted molar refractivity (Wildman–Crippen MR) is 121 cm³/mol. The number of hydrogen-bond acceptors (Lipinski definition) is 4. The number of amides is 2. The minimum atomic E-state index is -0.859. The van der Waals surface area contributed by atoms with Gasteiger partial charge in [0, 0.05) is 39.3 Å². The Morgan fingerprint density at radius 2 is 1.68 bits per heavy atom. The highest BCUT2D eigenvalue weighted by Crippen LogP contribution is 2.27. The SMILES string of the molecule is C[C@@H](C(=O)NC(C)(C)C)N(Cc1c(Cl)cccc1Cl)C(=O)Cc1ccccc1[N+](=O)[O-]. The van der Waals surface area contributed by atoms with Gasteiger partial charge in [-0.05, 0) is 39.8 Å². The molecule has 31 heavy (non-hydrogen) atoms. The molecule has 2 rings (SSSR count). The Kier molecular flexibility index (Phi) is 8.03. The van der Waals surface area contributed by atoms with Crippen molar-refractivity contribution in [3.63, 3.8) is 0 Å². The van der Waals surface area contributed by atoms with Crippen molar-refractivity contribution in [1.29, 1.82) is 0 Å². The Bertz CT molecular complexity index is 969. The van der Waals surface area contributed by atoms with Gasteiger partial charge >= 0.3 is 0 Å². The van der Waals surface area contributed by atoms with E-state index >= 15 is 0 Å². The molecule has 1 atom stereocenters. The molecule has 0 aromatic heterocycles. The number of carbonyl (C=O) groups is 2. The van der Waals surface area contributed by atoms with E-state index in [0.29, 0.717) is 15.6 Å². The highest BCUT2D eigenvalue weighted by molar-refractivity contribution is 6.36. The molecule has 0 saturated heterocycles. The number of benzene rings is 2. The molecule has 0 aliphatic rings. The molecular formula is C22H25Cl2N3O4. The average molecular weight is 466 g/mol. The van der Waals surface area contributed by atoms with Gasteiger partial charge in [0.2, 0.25) is 11.8 Å². The molecule has 7 nitrogen and oxygen atoms in total. The molecule has 0 aliphatic carbocycles. The van der Waals surface area contributed by atoms with Crippen LogP contribution in [-0.4, -0.2) is 33.2 Å². The van der Waals surface area contributed by atoms with Crippen LogP contribution in [0.5, 0.6) is 0 Å². The van der Waals surface area contributed by atoms with E-state index in [9.17, 15) is 19.7 Å². The molecule has 0 bridgehead atoms. The fourth-order valence-electron chi connectivity index (χ4n) is 3.01. The molecule has 2 aromatic carbocycles. The molecule has 0 spiro atoms. The van der Waals surface area contributed by atoms with Crippen LogP contribution in [0.3, 0.4) is 0 Å². The lowest BCUT2D eigenvalue weighted by molar-refractivity contribution is -0.385. The number of rotatable bonds is 7.